The fraction of sp³-hybridized carbons (Fsp3) is 0.818. The molecule has 0 aliphatic carbocycles. The quantitative estimate of drug-likeness (QED) is 0.708. The van der Waals surface area contributed by atoms with Gasteiger partial charge in [-0.15, -0.1) is 0 Å². The number of amides is 1. The van der Waals surface area contributed by atoms with Crippen LogP contribution in [0.2, 0.25) is 0 Å². The highest BCUT2D eigenvalue weighted by Gasteiger charge is 2.22. The number of carboxylic acids is 1. The Labute approximate surface area is 91.1 Å². The highest BCUT2D eigenvalue weighted by molar-refractivity contribution is 5.77. The summed E-state index contributed by atoms with van der Waals surface area (Å²) >= 11 is 0. The van der Waals surface area contributed by atoms with Gasteiger partial charge in [-0.2, -0.15) is 0 Å². The Morgan fingerprint density at radius 2 is 1.73 bits per heavy atom. The lowest BCUT2D eigenvalue weighted by Gasteiger charge is -2.16. The molecule has 88 valence electrons. The van der Waals surface area contributed by atoms with E-state index in [1.54, 1.807) is 0 Å². The van der Waals surface area contributed by atoms with Crippen molar-refractivity contribution in [2.75, 3.05) is 0 Å². The Hall–Kier alpha value is -1.06. The standard InChI is InChI=1S/C11H21NO3/c1-7(2)9(11(14)15)5-6-10(13)12-8(3)4/h7-9H,5-6H2,1-4H3,(H,12,13)(H,14,15). The van der Waals surface area contributed by atoms with Crippen LogP contribution in [0.3, 0.4) is 0 Å². The van der Waals surface area contributed by atoms with E-state index in [9.17, 15) is 9.59 Å². The van der Waals surface area contributed by atoms with E-state index in [4.69, 9.17) is 5.11 Å². The van der Waals surface area contributed by atoms with Crippen molar-refractivity contribution >= 4 is 11.9 Å². The van der Waals surface area contributed by atoms with Crippen LogP contribution in [-0.2, 0) is 9.59 Å². The minimum atomic E-state index is -0.817. The zero-order valence-corrected chi connectivity index (χ0v) is 9.91. The molecule has 1 unspecified atom stereocenters. The second-order valence-electron chi connectivity index (χ2n) is 4.45. The molecule has 0 aromatic heterocycles. The van der Waals surface area contributed by atoms with Gasteiger partial charge in [0.2, 0.25) is 5.91 Å². The van der Waals surface area contributed by atoms with Crippen molar-refractivity contribution in [3.63, 3.8) is 0 Å². The second kappa shape index (κ2) is 6.43. The van der Waals surface area contributed by atoms with Gasteiger partial charge in [0, 0.05) is 12.5 Å². The molecule has 2 N–H and O–H groups in total. The Morgan fingerprint density at radius 1 is 1.20 bits per heavy atom. The molecular formula is C11H21NO3. The number of rotatable bonds is 6. The fourth-order valence-electron chi connectivity index (χ4n) is 1.42. The lowest BCUT2D eigenvalue weighted by Crippen LogP contribution is -2.31. The summed E-state index contributed by atoms with van der Waals surface area (Å²) < 4.78 is 0. The van der Waals surface area contributed by atoms with E-state index in [1.807, 2.05) is 27.7 Å². The van der Waals surface area contributed by atoms with E-state index < -0.39 is 11.9 Å². The van der Waals surface area contributed by atoms with Crippen LogP contribution in [0.4, 0.5) is 0 Å². The zero-order valence-electron chi connectivity index (χ0n) is 9.91. The van der Waals surface area contributed by atoms with Gasteiger partial charge in [0.15, 0.2) is 0 Å². The van der Waals surface area contributed by atoms with Crippen molar-refractivity contribution in [3.8, 4) is 0 Å². The largest absolute Gasteiger partial charge is 0.481 e. The third-order valence-electron chi connectivity index (χ3n) is 2.25. The molecular weight excluding hydrogens is 194 g/mol. The number of carbonyl (C=O) groups is 2. The van der Waals surface area contributed by atoms with Gasteiger partial charge in [0.05, 0.1) is 5.92 Å². The maximum atomic E-state index is 11.3. The van der Waals surface area contributed by atoms with Crippen molar-refractivity contribution in [3.05, 3.63) is 0 Å². The Bertz CT molecular complexity index is 224. The third kappa shape index (κ3) is 6.10. The van der Waals surface area contributed by atoms with Crippen LogP contribution < -0.4 is 5.32 Å². The van der Waals surface area contributed by atoms with E-state index in [0.29, 0.717) is 6.42 Å². The molecule has 0 rings (SSSR count). The summed E-state index contributed by atoms with van der Waals surface area (Å²) in [5.41, 5.74) is 0. The van der Waals surface area contributed by atoms with Crippen LogP contribution in [-0.4, -0.2) is 23.0 Å². The highest BCUT2D eigenvalue weighted by atomic mass is 16.4. The maximum absolute atomic E-state index is 11.3. The molecule has 0 radical (unpaired) electrons. The summed E-state index contributed by atoms with van der Waals surface area (Å²) in [7, 11) is 0. The van der Waals surface area contributed by atoms with Crippen molar-refractivity contribution in [1.29, 1.82) is 0 Å². The lowest BCUT2D eigenvalue weighted by molar-refractivity contribution is -0.143. The van der Waals surface area contributed by atoms with Crippen LogP contribution in [0.15, 0.2) is 0 Å². The average Bonchev–Trinajstić information content (AvgIpc) is 2.00. The van der Waals surface area contributed by atoms with Crippen molar-refractivity contribution in [1.82, 2.24) is 5.32 Å². The molecule has 0 saturated carbocycles. The smallest absolute Gasteiger partial charge is 0.306 e. The number of hydrogen-bond acceptors (Lipinski definition) is 2. The van der Waals surface area contributed by atoms with Crippen molar-refractivity contribution in [2.45, 2.75) is 46.6 Å². The summed E-state index contributed by atoms with van der Waals surface area (Å²) in [5.74, 6) is -1.25. The SMILES string of the molecule is CC(C)NC(=O)CCC(C(=O)O)C(C)C. The van der Waals surface area contributed by atoms with Crippen molar-refractivity contribution in [2.24, 2.45) is 11.8 Å². The average molecular weight is 215 g/mol. The summed E-state index contributed by atoms with van der Waals surface area (Å²) in [6, 6.07) is 0.111. The maximum Gasteiger partial charge on any atom is 0.306 e. The molecule has 0 fully saturated rings. The summed E-state index contributed by atoms with van der Waals surface area (Å²) in [6.45, 7) is 7.49. The normalized spacial score (nSPS) is 12.9. The molecule has 0 aromatic carbocycles. The number of hydrogen-bond donors (Lipinski definition) is 2. The minimum Gasteiger partial charge on any atom is -0.481 e. The Morgan fingerprint density at radius 3 is 2.07 bits per heavy atom. The Balaban J connectivity index is 4.00. The Kier molecular flexibility index (Phi) is 5.97. The zero-order chi connectivity index (χ0) is 12.0. The van der Waals surface area contributed by atoms with Gasteiger partial charge in [-0.1, -0.05) is 13.8 Å². The summed E-state index contributed by atoms with van der Waals surface area (Å²) in [4.78, 5) is 22.1. The molecule has 15 heavy (non-hydrogen) atoms. The molecule has 0 aliphatic heterocycles. The van der Waals surface area contributed by atoms with E-state index in [2.05, 4.69) is 5.32 Å². The molecule has 0 spiro atoms. The molecule has 0 aromatic rings. The summed E-state index contributed by atoms with van der Waals surface area (Å²) in [6.07, 6.45) is 0.693. The van der Waals surface area contributed by atoms with Crippen molar-refractivity contribution < 1.29 is 14.7 Å². The number of aliphatic carboxylic acids is 1. The van der Waals surface area contributed by atoms with E-state index in [-0.39, 0.29) is 24.3 Å². The van der Waals surface area contributed by atoms with Gasteiger partial charge in [0.1, 0.15) is 0 Å². The first-order chi connectivity index (χ1) is 6.84. The predicted molar refractivity (Wildman–Crippen MR) is 58.5 cm³/mol. The van der Waals surface area contributed by atoms with Crippen LogP contribution in [0.25, 0.3) is 0 Å². The monoisotopic (exact) mass is 215 g/mol. The molecule has 0 saturated heterocycles. The molecule has 1 amide bonds. The number of nitrogens with one attached hydrogen (secondary N) is 1. The topological polar surface area (TPSA) is 66.4 Å². The lowest BCUT2D eigenvalue weighted by atomic mass is 9.91. The molecule has 4 heteroatoms. The van der Waals surface area contributed by atoms with Gasteiger partial charge in [-0.3, -0.25) is 9.59 Å². The van der Waals surface area contributed by atoms with Gasteiger partial charge in [0.25, 0.3) is 0 Å². The van der Waals surface area contributed by atoms with Gasteiger partial charge < -0.3 is 10.4 Å². The van der Waals surface area contributed by atoms with E-state index >= 15 is 0 Å². The fourth-order valence-corrected chi connectivity index (χ4v) is 1.42. The molecule has 0 aliphatic rings. The minimum absolute atomic E-state index is 0.0642. The first-order valence-electron chi connectivity index (χ1n) is 5.36. The van der Waals surface area contributed by atoms with Crippen LogP contribution >= 0.6 is 0 Å². The predicted octanol–water partition coefficient (Wildman–Crippen LogP) is 1.65. The first-order valence-corrected chi connectivity index (χ1v) is 5.36. The van der Waals surface area contributed by atoms with E-state index in [0.717, 1.165) is 0 Å². The molecule has 0 bridgehead atoms. The highest BCUT2D eigenvalue weighted by Crippen LogP contribution is 2.17. The van der Waals surface area contributed by atoms with Crippen LogP contribution in [0, 0.1) is 11.8 Å². The van der Waals surface area contributed by atoms with Crippen LogP contribution in [0.1, 0.15) is 40.5 Å². The van der Waals surface area contributed by atoms with Gasteiger partial charge in [-0.25, -0.2) is 0 Å². The second-order valence-corrected chi connectivity index (χ2v) is 4.45. The number of carbonyl (C=O) groups excluding carboxylic acids is 1. The van der Waals surface area contributed by atoms with Gasteiger partial charge in [-0.05, 0) is 26.2 Å². The summed E-state index contributed by atoms with van der Waals surface area (Å²) in [5, 5.41) is 11.7. The van der Waals surface area contributed by atoms with Gasteiger partial charge >= 0.3 is 5.97 Å². The molecule has 4 nitrogen and oxygen atoms in total. The third-order valence-corrected chi connectivity index (χ3v) is 2.25. The van der Waals surface area contributed by atoms with E-state index in [1.165, 1.54) is 0 Å². The van der Waals surface area contributed by atoms with Crippen LogP contribution in [0.5, 0.6) is 0 Å². The molecule has 0 heterocycles. The number of carboxylic acid groups (broad SMARTS) is 1. The first kappa shape index (κ1) is 13.9. The molecule has 1 atom stereocenters.